The summed E-state index contributed by atoms with van der Waals surface area (Å²) in [4.78, 5) is 17.1. The predicted octanol–water partition coefficient (Wildman–Crippen LogP) is 2.48. The second-order valence-electron chi connectivity index (χ2n) is 7.08. The molecule has 0 saturated heterocycles. The van der Waals surface area contributed by atoms with E-state index in [1.807, 2.05) is 32.0 Å². The van der Waals surface area contributed by atoms with E-state index >= 15 is 0 Å². The predicted molar refractivity (Wildman–Crippen MR) is 110 cm³/mol. The van der Waals surface area contributed by atoms with E-state index in [1.165, 1.54) is 10.7 Å². The fourth-order valence-electron chi connectivity index (χ4n) is 3.50. The summed E-state index contributed by atoms with van der Waals surface area (Å²) in [5, 5.41) is 14.0. The largest absolute Gasteiger partial charge is 0.494 e. The van der Waals surface area contributed by atoms with Crippen molar-refractivity contribution in [3.8, 4) is 5.75 Å². The molecule has 0 aliphatic carbocycles. The Balaban J connectivity index is 1.90. The molecule has 0 radical (unpaired) electrons. The number of ether oxygens (including phenoxy) is 2. The van der Waals surface area contributed by atoms with Gasteiger partial charge in [-0.3, -0.25) is 4.79 Å². The third-order valence-electron chi connectivity index (χ3n) is 4.78. The molecule has 1 aromatic carbocycles. The highest BCUT2D eigenvalue weighted by Gasteiger charge is 2.20. The van der Waals surface area contributed by atoms with Gasteiger partial charge in [0.15, 0.2) is 17.2 Å². The number of hydrogen-bond acceptors (Lipinski definition) is 7. The van der Waals surface area contributed by atoms with Crippen LogP contribution < -0.4 is 20.7 Å². The Kier molecular flexibility index (Phi) is 4.98. The van der Waals surface area contributed by atoms with Crippen molar-refractivity contribution < 1.29 is 14.3 Å². The first-order chi connectivity index (χ1) is 14.0. The van der Waals surface area contributed by atoms with Crippen LogP contribution in [0.1, 0.15) is 28.5 Å². The number of amides is 1. The van der Waals surface area contributed by atoms with Crippen molar-refractivity contribution in [2.24, 2.45) is 0 Å². The van der Waals surface area contributed by atoms with Crippen LogP contribution in [0.3, 0.4) is 0 Å². The minimum Gasteiger partial charge on any atom is -0.494 e. The Morgan fingerprint density at radius 2 is 2.17 bits per heavy atom. The number of benzene rings is 1. The number of nitrogens with one attached hydrogen (secondary N) is 3. The van der Waals surface area contributed by atoms with Gasteiger partial charge < -0.3 is 25.4 Å². The molecule has 4 rings (SSSR count). The topological polar surface area (TPSA) is 102 Å². The van der Waals surface area contributed by atoms with Crippen LogP contribution in [0.25, 0.3) is 5.65 Å². The van der Waals surface area contributed by atoms with Gasteiger partial charge in [-0.2, -0.15) is 0 Å². The van der Waals surface area contributed by atoms with E-state index in [2.05, 4.69) is 26.0 Å². The van der Waals surface area contributed by atoms with E-state index in [4.69, 9.17) is 9.47 Å². The third kappa shape index (κ3) is 3.56. The normalized spacial score (nSPS) is 16.8. The molecule has 9 heteroatoms. The summed E-state index contributed by atoms with van der Waals surface area (Å²) in [6.45, 7) is 4.70. The molecule has 4 bridgehead atoms. The maximum atomic E-state index is 12.8. The lowest BCUT2D eigenvalue weighted by molar-refractivity contribution is 0.0815. The second-order valence-corrected chi connectivity index (χ2v) is 7.08. The minimum absolute atomic E-state index is 0.167. The first-order valence-electron chi connectivity index (χ1n) is 9.40. The molecule has 152 valence electrons. The maximum Gasteiger partial charge on any atom is 0.271 e. The number of carbonyl (C=O) groups is 1. The van der Waals surface area contributed by atoms with Crippen LogP contribution in [0.15, 0.2) is 24.4 Å². The number of imidazole rings is 1. The minimum atomic E-state index is -0.260. The van der Waals surface area contributed by atoms with E-state index in [-0.39, 0.29) is 11.9 Å². The molecule has 1 aliphatic rings. The van der Waals surface area contributed by atoms with Crippen LogP contribution in [-0.4, -0.2) is 47.3 Å². The van der Waals surface area contributed by atoms with Gasteiger partial charge in [0, 0.05) is 19.2 Å². The fraction of sp³-hybridized carbons (Fsp3) is 0.350. The van der Waals surface area contributed by atoms with Crippen molar-refractivity contribution in [1.82, 2.24) is 19.9 Å². The molecule has 0 saturated carbocycles. The summed E-state index contributed by atoms with van der Waals surface area (Å²) in [5.74, 6) is 1.02. The first kappa shape index (κ1) is 19.0. The van der Waals surface area contributed by atoms with Gasteiger partial charge in [-0.15, -0.1) is 5.10 Å². The van der Waals surface area contributed by atoms with Crippen LogP contribution in [0.5, 0.6) is 5.75 Å². The molecule has 9 nitrogen and oxygen atoms in total. The van der Waals surface area contributed by atoms with Crippen molar-refractivity contribution in [1.29, 1.82) is 0 Å². The summed E-state index contributed by atoms with van der Waals surface area (Å²) >= 11 is 0. The highest BCUT2D eigenvalue weighted by atomic mass is 16.5. The standard InChI is InChI=1S/C20H24N6O3/c1-11-5-13-6-14(18(11)28-4)24-17-7-15(21-3)19-22-8-16(26(19)25-17)20(27)23-12(2)9-29-10-13/h5-8,12,21H,9-10H2,1-4H3,(H,23,27)(H,24,25)/t12-/m1/s1. The van der Waals surface area contributed by atoms with Gasteiger partial charge in [0.05, 0.1) is 37.9 Å². The lowest BCUT2D eigenvalue weighted by Gasteiger charge is -2.18. The van der Waals surface area contributed by atoms with Gasteiger partial charge in [0.1, 0.15) is 5.75 Å². The zero-order valence-electron chi connectivity index (χ0n) is 16.9. The number of fused-ring (bicyclic) bond motifs is 3. The smallest absolute Gasteiger partial charge is 0.271 e. The lowest BCUT2D eigenvalue weighted by Crippen LogP contribution is -2.36. The van der Waals surface area contributed by atoms with Gasteiger partial charge in [-0.1, -0.05) is 0 Å². The van der Waals surface area contributed by atoms with Crippen LogP contribution in [0.4, 0.5) is 17.2 Å². The Hall–Kier alpha value is -3.33. The van der Waals surface area contributed by atoms with Crippen LogP contribution >= 0.6 is 0 Å². The summed E-state index contributed by atoms with van der Waals surface area (Å²) in [5.41, 5.74) is 4.42. The Morgan fingerprint density at radius 1 is 1.34 bits per heavy atom. The number of nitrogens with zero attached hydrogens (tertiary/aromatic N) is 3. The first-order valence-corrected chi connectivity index (χ1v) is 9.40. The monoisotopic (exact) mass is 396 g/mol. The van der Waals surface area contributed by atoms with Crippen LogP contribution in [0, 0.1) is 6.92 Å². The summed E-state index contributed by atoms with van der Waals surface area (Å²) < 4.78 is 12.9. The number of anilines is 3. The van der Waals surface area contributed by atoms with Crippen molar-refractivity contribution in [3.05, 3.63) is 41.2 Å². The number of carbonyl (C=O) groups excluding carboxylic acids is 1. The van der Waals surface area contributed by atoms with E-state index in [0.29, 0.717) is 30.4 Å². The molecule has 1 atom stereocenters. The third-order valence-corrected chi connectivity index (χ3v) is 4.78. The second kappa shape index (κ2) is 7.59. The number of aromatic nitrogens is 3. The van der Waals surface area contributed by atoms with Crippen LogP contribution in [0.2, 0.25) is 0 Å². The average molecular weight is 396 g/mol. The van der Waals surface area contributed by atoms with E-state index in [9.17, 15) is 4.79 Å². The van der Waals surface area contributed by atoms with E-state index in [1.54, 1.807) is 14.2 Å². The number of methoxy groups -OCH3 is 1. The summed E-state index contributed by atoms with van der Waals surface area (Å²) in [6, 6.07) is 5.69. The van der Waals surface area contributed by atoms with Gasteiger partial charge >= 0.3 is 0 Å². The molecule has 0 fully saturated rings. The SMILES string of the molecule is CNc1cc2nn3c(cnc13)C(=O)N[C@H](C)COCc1cc(C)c(OC)c(c1)N2. The summed E-state index contributed by atoms with van der Waals surface area (Å²) in [6.07, 6.45) is 1.52. The van der Waals surface area contributed by atoms with Gasteiger partial charge in [-0.25, -0.2) is 9.50 Å². The molecule has 3 N–H and O–H groups in total. The molecule has 3 heterocycles. The highest BCUT2D eigenvalue weighted by Crippen LogP contribution is 2.33. The highest BCUT2D eigenvalue weighted by molar-refractivity contribution is 5.94. The average Bonchev–Trinajstić information content (AvgIpc) is 3.10. The zero-order chi connectivity index (χ0) is 20.5. The molecule has 0 unspecified atom stereocenters. The van der Waals surface area contributed by atoms with Gasteiger partial charge in [0.2, 0.25) is 0 Å². The Bertz CT molecular complexity index is 1080. The van der Waals surface area contributed by atoms with Gasteiger partial charge in [-0.05, 0) is 37.1 Å². The Labute approximate surface area is 168 Å². The lowest BCUT2D eigenvalue weighted by atomic mass is 10.1. The molecular formula is C20H24N6O3. The molecule has 1 aliphatic heterocycles. The molecule has 2 aromatic heterocycles. The van der Waals surface area contributed by atoms with Crippen molar-refractivity contribution in [2.45, 2.75) is 26.5 Å². The maximum absolute atomic E-state index is 12.8. The van der Waals surface area contributed by atoms with Crippen molar-refractivity contribution in [3.63, 3.8) is 0 Å². The van der Waals surface area contributed by atoms with Crippen molar-refractivity contribution >= 4 is 28.7 Å². The zero-order valence-corrected chi connectivity index (χ0v) is 16.9. The Morgan fingerprint density at radius 3 is 2.93 bits per heavy atom. The fourth-order valence-corrected chi connectivity index (χ4v) is 3.50. The molecule has 0 spiro atoms. The number of hydrogen-bond donors (Lipinski definition) is 3. The molecule has 1 amide bonds. The molecule has 3 aromatic rings. The van der Waals surface area contributed by atoms with Gasteiger partial charge in [0.25, 0.3) is 5.91 Å². The summed E-state index contributed by atoms with van der Waals surface area (Å²) in [7, 11) is 3.44. The van der Waals surface area contributed by atoms with Crippen molar-refractivity contribution in [2.75, 3.05) is 31.4 Å². The van der Waals surface area contributed by atoms with E-state index in [0.717, 1.165) is 28.3 Å². The quantitative estimate of drug-likeness (QED) is 0.612. The molecule has 29 heavy (non-hydrogen) atoms. The number of rotatable bonds is 2. The van der Waals surface area contributed by atoms with E-state index < -0.39 is 0 Å². The number of aryl methyl sites for hydroxylation is 1. The molecular weight excluding hydrogens is 372 g/mol. The van der Waals surface area contributed by atoms with Crippen LogP contribution in [-0.2, 0) is 11.3 Å².